The number of aromatic nitrogens is 1. The van der Waals surface area contributed by atoms with Gasteiger partial charge in [0, 0.05) is 48.6 Å². The van der Waals surface area contributed by atoms with Crippen LogP contribution in [0.15, 0.2) is 48.7 Å². The lowest BCUT2D eigenvalue weighted by Crippen LogP contribution is -2.38. The van der Waals surface area contributed by atoms with E-state index in [1.807, 2.05) is 11.0 Å². The van der Waals surface area contributed by atoms with Gasteiger partial charge in [0.2, 0.25) is 5.91 Å². The molecule has 1 aromatic heterocycles. The minimum absolute atomic E-state index is 0.0204. The van der Waals surface area contributed by atoms with Crippen molar-refractivity contribution in [2.45, 2.75) is 38.5 Å². The standard InChI is InChI=1S/C24H25FN2O2/c1-16-13-19(25)14-20-21(15-26-24(16)20)22(28)7-8-23(29)27-11-9-18(10-12-27)17-5-3-2-4-6-17/h2-6,13-15,18,26H,7-12H2,1H3. The zero-order valence-electron chi connectivity index (χ0n) is 16.6. The minimum atomic E-state index is -0.360. The normalized spacial score (nSPS) is 15.0. The van der Waals surface area contributed by atoms with Crippen LogP contribution in [0.2, 0.25) is 0 Å². The molecule has 5 heteroatoms. The van der Waals surface area contributed by atoms with Crippen LogP contribution in [0.1, 0.15) is 53.1 Å². The van der Waals surface area contributed by atoms with Gasteiger partial charge in [-0.25, -0.2) is 4.39 Å². The molecule has 0 radical (unpaired) electrons. The number of carbonyl (C=O) groups is 2. The quantitative estimate of drug-likeness (QED) is 0.622. The molecule has 0 aliphatic carbocycles. The van der Waals surface area contributed by atoms with Gasteiger partial charge < -0.3 is 9.88 Å². The topological polar surface area (TPSA) is 53.2 Å². The molecule has 2 aromatic carbocycles. The van der Waals surface area contributed by atoms with Crippen molar-refractivity contribution in [3.63, 3.8) is 0 Å². The fourth-order valence-corrected chi connectivity index (χ4v) is 4.30. The summed E-state index contributed by atoms with van der Waals surface area (Å²) in [5.41, 5.74) is 3.32. The Bertz CT molecular complexity index is 1030. The second-order valence-corrected chi connectivity index (χ2v) is 7.84. The Morgan fingerprint density at radius 1 is 1.10 bits per heavy atom. The number of hydrogen-bond acceptors (Lipinski definition) is 2. The van der Waals surface area contributed by atoms with Crippen LogP contribution in [-0.2, 0) is 4.79 Å². The molecule has 2 heterocycles. The molecule has 1 N–H and O–H groups in total. The molecule has 1 aliphatic heterocycles. The molecule has 150 valence electrons. The third-order valence-corrected chi connectivity index (χ3v) is 5.94. The number of H-pyrrole nitrogens is 1. The number of halogens is 1. The van der Waals surface area contributed by atoms with Crippen molar-refractivity contribution in [3.05, 3.63) is 71.2 Å². The lowest BCUT2D eigenvalue weighted by molar-refractivity contribution is -0.132. The van der Waals surface area contributed by atoms with Gasteiger partial charge in [-0.3, -0.25) is 9.59 Å². The Morgan fingerprint density at radius 2 is 1.83 bits per heavy atom. The number of amides is 1. The zero-order chi connectivity index (χ0) is 20.4. The van der Waals surface area contributed by atoms with Crippen molar-refractivity contribution < 1.29 is 14.0 Å². The Hall–Kier alpha value is -2.95. The van der Waals surface area contributed by atoms with Crippen LogP contribution in [0.5, 0.6) is 0 Å². The molecule has 4 rings (SSSR count). The Labute approximate surface area is 169 Å². The molecule has 29 heavy (non-hydrogen) atoms. The molecule has 3 aromatic rings. The molecule has 1 amide bonds. The van der Waals surface area contributed by atoms with E-state index in [1.165, 1.54) is 17.7 Å². The monoisotopic (exact) mass is 392 g/mol. The Morgan fingerprint density at radius 3 is 2.55 bits per heavy atom. The summed E-state index contributed by atoms with van der Waals surface area (Å²) in [5, 5.41) is 0.587. The van der Waals surface area contributed by atoms with E-state index in [9.17, 15) is 14.0 Å². The summed E-state index contributed by atoms with van der Waals surface area (Å²) in [6.07, 6.45) is 3.85. The molecule has 0 saturated carbocycles. The summed E-state index contributed by atoms with van der Waals surface area (Å²) in [6, 6.07) is 13.2. The molecule has 1 fully saturated rings. The number of likely N-dealkylation sites (tertiary alicyclic amines) is 1. The summed E-state index contributed by atoms with van der Waals surface area (Å²) >= 11 is 0. The summed E-state index contributed by atoms with van der Waals surface area (Å²) in [7, 11) is 0. The molecule has 0 bridgehead atoms. The molecule has 0 atom stereocenters. The average molecular weight is 392 g/mol. The summed E-state index contributed by atoms with van der Waals surface area (Å²) in [5.74, 6) is 0.0214. The predicted octanol–water partition coefficient (Wildman–Crippen LogP) is 4.98. The molecule has 1 saturated heterocycles. The van der Waals surface area contributed by atoms with Gasteiger partial charge in [-0.05, 0) is 48.9 Å². The van der Waals surface area contributed by atoms with Crippen LogP contribution in [0, 0.1) is 12.7 Å². The third-order valence-electron chi connectivity index (χ3n) is 5.94. The van der Waals surface area contributed by atoms with Gasteiger partial charge in [0.25, 0.3) is 0 Å². The van der Waals surface area contributed by atoms with Crippen molar-refractivity contribution in [3.8, 4) is 0 Å². The first-order valence-corrected chi connectivity index (χ1v) is 10.2. The van der Waals surface area contributed by atoms with E-state index in [1.54, 1.807) is 13.1 Å². The van der Waals surface area contributed by atoms with E-state index in [0.29, 0.717) is 16.9 Å². The first-order chi connectivity index (χ1) is 14.0. The molecule has 1 aliphatic rings. The van der Waals surface area contributed by atoms with Crippen molar-refractivity contribution in [1.29, 1.82) is 0 Å². The highest BCUT2D eigenvalue weighted by Gasteiger charge is 2.24. The highest BCUT2D eigenvalue weighted by Crippen LogP contribution is 2.28. The maximum Gasteiger partial charge on any atom is 0.223 e. The fourth-order valence-electron chi connectivity index (χ4n) is 4.30. The smallest absolute Gasteiger partial charge is 0.223 e. The second-order valence-electron chi connectivity index (χ2n) is 7.84. The van der Waals surface area contributed by atoms with Gasteiger partial charge in [0.05, 0.1) is 0 Å². The largest absolute Gasteiger partial charge is 0.360 e. The number of nitrogens with one attached hydrogen (secondary N) is 1. The van der Waals surface area contributed by atoms with Gasteiger partial charge in [0.15, 0.2) is 5.78 Å². The highest BCUT2D eigenvalue weighted by atomic mass is 19.1. The Kier molecular flexibility index (Phi) is 5.47. The van der Waals surface area contributed by atoms with Gasteiger partial charge in [0.1, 0.15) is 5.82 Å². The lowest BCUT2D eigenvalue weighted by atomic mass is 9.89. The van der Waals surface area contributed by atoms with Crippen LogP contribution in [0.4, 0.5) is 4.39 Å². The van der Waals surface area contributed by atoms with E-state index < -0.39 is 0 Å². The average Bonchev–Trinajstić information content (AvgIpc) is 3.17. The predicted molar refractivity (Wildman–Crippen MR) is 112 cm³/mol. The first-order valence-electron chi connectivity index (χ1n) is 10.2. The summed E-state index contributed by atoms with van der Waals surface area (Å²) < 4.78 is 13.7. The number of piperidine rings is 1. The number of carbonyl (C=O) groups excluding carboxylic acids is 2. The Balaban J connectivity index is 1.34. The van der Waals surface area contributed by atoms with Crippen molar-refractivity contribution in [2.75, 3.05) is 13.1 Å². The van der Waals surface area contributed by atoms with Gasteiger partial charge in [-0.2, -0.15) is 0 Å². The van der Waals surface area contributed by atoms with E-state index in [0.717, 1.165) is 37.0 Å². The van der Waals surface area contributed by atoms with E-state index in [4.69, 9.17) is 0 Å². The van der Waals surface area contributed by atoms with Crippen molar-refractivity contribution in [2.24, 2.45) is 0 Å². The van der Waals surface area contributed by atoms with Crippen LogP contribution in [-0.4, -0.2) is 34.7 Å². The third kappa shape index (κ3) is 4.09. The van der Waals surface area contributed by atoms with E-state index in [-0.39, 0.29) is 30.3 Å². The maximum atomic E-state index is 13.7. The fraction of sp³-hybridized carbons (Fsp3) is 0.333. The van der Waals surface area contributed by atoms with Crippen LogP contribution >= 0.6 is 0 Å². The SMILES string of the molecule is Cc1cc(F)cc2c(C(=O)CCC(=O)N3CCC(c4ccccc4)CC3)c[nH]c12. The van der Waals surface area contributed by atoms with Crippen molar-refractivity contribution in [1.82, 2.24) is 9.88 Å². The van der Waals surface area contributed by atoms with Crippen LogP contribution in [0.3, 0.4) is 0 Å². The van der Waals surface area contributed by atoms with Gasteiger partial charge in [-0.1, -0.05) is 30.3 Å². The number of hydrogen-bond donors (Lipinski definition) is 1. The number of aryl methyl sites for hydroxylation is 1. The molecule has 0 unspecified atom stereocenters. The number of fused-ring (bicyclic) bond motifs is 1. The molecule has 4 nitrogen and oxygen atoms in total. The molecular formula is C24H25FN2O2. The number of rotatable bonds is 5. The summed E-state index contributed by atoms with van der Waals surface area (Å²) in [6.45, 7) is 3.26. The first kappa shape index (κ1) is 19.4. The van der Waals surface area contributed by atoms with Crippen LogP contribution < -0.4 is 0 Å². The second kappa shape index (κ2) is 8.19. The number of benzene rings is 2. The number of ketones is 1. The van der Waals surface area contributed by atoms with Gasteiger partial charge in [-0.15, -0.1) is 0 Å². The number of Topliss-reactive ketones (excluding diaryl/α,β-unsaturated/α-hetero) is 1. The van der Waals surface area contributed by atoms with Gasteiger partial charge >= 0.3 is 0 Å². The molecule has 0 spiro atoms. The van der Waals surface area contributed by atoms with Crippen LogP contribution in [0.25, 0.3) is 10.9 Å². The number of nitrogens with zero attached hydrogens (tertiary/aromatic N) is 1. The highest BCUT2D eigenvalue weighted by molar-refractivity contribution is 6.09. The zero-order valence-corrected chi connectivity index (χ0v) is 16.6. The van der Waals surface area contributed by atoms with Crippen molar-refractivity contribution >= 4 is 22.6 Å². The maximum absolute atomic E-state index is 13.7. The summed E-state index contributed by atoms with van der Waals surface area (Å²) in [4.78, 5) is 30.2. The lowest BCUT2D eigenvalue weighted by Gasteiger charge is -2.32. The number of aromatic amines is 1. The minimum Gasteiger partial charge on any atom is -0.360 e. The molecular weight excluding hydrogens is 367 g/mol. The van der Waals surface area contributed by atoms with E-state index >= 15 is 0 Å². The van der Waals surface area contributed by atoms with E-state index in [2.05, 4.69) is 29.2 Å².